The van der Waals surface area contributed by atoms with Crippen LogP contribution in [0, 0.1) is 0 Å². The highest BCUT2D eigenvalue weighted by Crippen LogP contribution is 2.36. The summed E-state index contributed by atoms with van der Waals surface area (Å²) < 4.78 is 10.7. The van der Waals surface area contributed by atoms with E-state index in [9.17, 15) is 0 Å². The number of rotatable bonds is 4. The van der Waals surface area contributed by atoms with Gasteiger partial charge in [0, 0.05) is 13.2 Å². The van der Waals surface area contributed by atoms with Crippen LogP contribution in [0.1, 0.15) is 47.5 Å². The summed E-state index contributed by atoms with van der Waals surface area (Å²) in [4.78, 5) is 0. The summed E-state index contributed by atoms with van der Waals surface area (Å²) in [6, 6.07) is 0. The Hall–Kier alpha value is 0.0169. The van der Waals surface area contributed by atoms with Crippen molar-refractivity contribution < 1.29 is 24.5 Å². The molecule has 0 aliphatic carbocycles. The van der Waals surface area contributed by atoms with E-state index in [1.807, 2.05) is 0 Å². The first kappa shape index (κ1) is 24.3. The van der Waals surface area contributed by atoms with Crippen LogP contribution in [-0.4, -0.2) is 62.3 Å². The maximum absolute atomic E-state index is 9.08. The predicted molar refractivity (Wildman–Crippen MR) is 93.6 cm³/mol. The molecule has 22 heavy (non-hydrogen) atoms. The topological polar surface area (TPSA) is 79.2 Å². The molecule has 1 aliphatic heterocycles. The van der Waals surface area contributed by atoms with Crippen molar-refractivity contribution in [1.29, 1.82) is 0 Å². The Kier molecular flexibility index (Phi) is 13.7. The molecule has 0 radical (unpaired) electrons. The van der Waals surface area contributed by atoms with Gasteiger partial charge in [-0.25, -0.2) is 0 Å². The van der Waals surface area contributed by atoms with Crippen molar-refractivity contribution in [2.75, 3.05) is 26.4 Å². The van der Waals surface area contributed by atoms with Gasteiger partial charge in [-0.3, -0.25) is 0 Å². The molecule has 0 aromatic rings. The van der Waals surface area contributed by atoms with Gasteiger partial charge < -0.3 is 24.5 Å². The fourth-order valence-electron chi connectivity index (χ4n) is 1.06. The van der Waals surface area contributed by atoms with E-state index in [1.165, 1.54) is 19.8 Å². The summed E-state index contributed by atoms with van der Waals surface area (Å²) in [5.41, 5.74) is 0. The van der Waals surface area contributed by atoms with Crippen molar-refractivity contribution in [1.82, 2.24) is 0 Å². The van der Waals surface area contributed by atoms with Gasteiger partial charge in [0.15, 0.2) is 8.32 Å². The van der Waals surface area contributed by atoms with E-state index in [0.29, 0.717) is 6.61 Å². The van der Waals surface area contributed by atoms with Crippen LogP contribution in [0.2, 0.25) is 18.1 Å². The lowest BCUT2D eigenvalue weighted by molar-refractivity contribution is 0.110. The first-order chi connectivity index (χ1) is 9.94. The van der Waals surface area contributed by atoms with Gasteiger partial charge in [0.25, 0.3) is 0 Å². The SMILES string of the molecule is C1CCOC1.C[C@@H](O)CO.C[C@@H](O)CO[Si](C)(C)C(C)(C)C. The van der Waals surface area contributed by atoms with Crippen LogP contribution in [0.15, 0.2) is 0 Å². The Balaban J connectivity index is 0. The lowest BCUT2D eigenvalue weighted by atomic mass is 10.2. The molecule has 0 bridgehead atoms. The molecular weight excluding hydrogens is 300 g/mol. The number of aliphatic hydroxyl groups is 3. The van der Waals surface area contributed by atoms with Crippen LogP contribution in [0.25, 0.3) is 0 Å². The van der Waals surface area contributed by atoms with Gasteiger partial charge in [0.1, 0.15) is 0 Å². The van der Waals surface area contributed by atoms with Gasteiger partial charge in [-0.1, -0.05) is 20.8 Å². The van der Waals surface area contributed by atoms with E-state index in [4.69, 9.17) is 24.5 Å². The average molecular weight is 339 g/mol. The van der Waals surface area contributed by atoms with Crippen LogP contribution in [-0.2, 0) is 9.16 Å². The highest BCUT2D eigenvalue weighted by Gasteiger charge is 2.37. The zero-order valence-electron chi connectivity index (χ0n) is 15.6. The molecule has 1 fully saturated rings. The van der Waals surface area contributed by atoms with Crippen molar-refractivity contribution in [3.63, 3.8) is 0 Å². The summed E-state index contributed by atoms with van der Waals surface area (Å²) in [7, 11) is -1.63. The van der Waals surface area contributed by atoms with Gasteiger partial charge in [-0.05, 0) is 44.8 Å². The number of hydrogen-bond donors (Lipinski definition) is 3. The van der Waals surface area contributed by atoms with Crippen molar-refractivity contribution in [2.24, 2.45) is 0 Å². The lowest BCUT2D eigenvalue weighted by Crippen LogP contribution is -2.42. The van der Waals surface area contributed by atoms with Crippen molar-refractivity contribution >= 4 is 8.32 Å². The maximum atomic E-state index is 9.08. The van der Waals surface area contributed by atoms with Gasteiger partial charge >= 0.3 is 0 Å². The summed E-state index contributed by atoms with van der Waals surface area (Å²) in [6.45, 7) is 16.6. The Labute approximate surface area is 137 Å². The van der Waals surface area contributed by atoms with Crippen LogP contribution in [0.5, 0.6) is 0 Å². The van der Waals surface area contributed by atoms with Crippen molar-refractivity contribution in [3.8, 4) is 0 Å². The Morgan fingerprint density at radius 2 is 1.45 bits per heavy atom. The van der Waals surface area contributed by atoms with Crippen LogP contribution >= 0.6 is 0 Å². The second-order valence-corrected chi connectivity index (χ2v) is 12.1. The monoisotopic (exact) mass is 338 g/mol. The molecule has 1 heterocycles. The van der Waals surface area contributed by atoms with E-state index < -0.39 is 14.4 Å². The molecule has 5 nitrogen and oxygen atoms in total. The first-order valence-corrected chi connectivity index (χ1v) is 11.0. The molecule has 0 unspecified atom stereocenters. The minimum absolute atomic E-state index is 0.139. The minimum atomic E-state index is -1.63. The molecule has 1 rings (SSSR count). The largest absolute Gasteiger partial charge is 0.414 e. The van der Waals surface area contributed by atoms with E-state index in [-0.39, 0.29) is 17.7 Å². The van der Waals surface area contributed by atoms with Crippen LogP contribution in [0.4, 0.5) is 0 Å². The molecule has 136 valence electrons. The fourth-order valence-corrected chi connectivity index (χ4v) is 2.15. The van der Waals surface area contributed by atoms with Gasteiger partial charge in [0.2, 0.25) is 0 Å². The third-order valence-electron chi connectivity index (χ3n) is 3.58. The van der Waals surface area contributed by atoms with Crippen LogP contribution in [0.3, 0.4) is 0 Å². The number of hydrogen-bond acceptors (Lipinski definition) is 5. The summed E-state index contributed by atoms with van der Waals surface area (Å²) >= 11 is 0. The van der Waals surface area contributed by atoms with E-state index >= 15 is 0 Å². The highest BCUT2D eigenvalue weighted by molar-refractivity contribution is 6.74. The molecule has 2 atom stereocenters. The highest BCUT2D eigenvalue weighted by atomic mass is 28.4. The van der Waals surface area contributed by atoms with E-state index in [0.717, 1.165) is 13.2 Å². The molecule has 0 spiro atoms. The maximum Gasteiger partial charge on any atom is 0.192 e. The Bertz CT molecular complexity index is 238. The molecule has 0 aromatic carbocycles. The summed E-state index contributed by atoms with van der Waals surface area (Å²) in [5.74, 6) is 0. The Morgan fingerprint density at radius 1 is 1.05 bits per heavy atom. The Morgan fingerprint density at radius 3 is 1.64 bits per heavy atom. The molecule has 0 aromatic heterocycles. The van der Waals surface area contributed by atoms with Gasteiger partial charge in [-0.2, -0.15) is 0 Å². The summed E-state index contributed by atoms with van der Waals surface area (Å²) in [5, 5.41) is 25.3. The van der Waals surface area contributed by atoms with Crippen molar-refractivity contribution in [3.05, 3.63) is 0 Å². The smallest absolute Gasteiger partial charge is 0.192 e. The van der Waals surface area contributed by atoms with Crippen LogP contribution < -0.4 is 0 Å². The normalized spacial score (nSPS) is 17.7. The average Bonchev–Trinajstić information content (AvgIpc) is 2.95. The molecule has 3 N–H and O–H groups in total. The minimum Gasteiger partial charge on any atom is -0.414 e. The molecular formula is C16H38O5Si. The predicted octanol–water partition coefficient (Wildman–Crippen LogP) is 2.55. The third kappa shape index (κ3) is 14.9. The second kappa shape index (κ2) is 12.4. The zero-order valence-corrected chi connectivity index (χ0v) is 16.6. The molecule has 0 amide bonds. The fraction of sp³-hybridized carbons (Fsp3) is 1.00. The zero-order chi connectivity index (χ0) is 17.8. The van der Waals surface area contributed by atoms with Gasteiger partial charge in [-0.15, -0.1) is 0 Å². The summed E-state index contributed by atoms with van der Waals surface area (Å²) in [6.07, 6.45) is 1.65. The van der Waals surface area contributed by atoms with Crippen molar-refractivity contribution in [2.45, 2.75) is 77.8 Å². The van der Waals surface area contributed by atoms with E-state index in [2.05, 4.69) is 33.9 Å². The van der Waals surface area contributed by atoms with Gasteiger partial charge in [0.05, 0.1) is 25.4 Å². The quantitative estimate of drug-likeness (QED) is 0.687. The molecule has 1 saturated heterocycles. The lowest BCUT2D eigenvalue weighted by Gasteiger charge is -2.36. The van der Waals surface area contributed by atoms with E-state index in [1.54, 1.807) is 6.92 Å². The first-order valence-electron chi connectivity index (χ1n) is 8.12. The molecule has 1 aliphatic rings. The molecule has 6 heteroatoms. The number of aliphatic hydroxyl groups excluding tert-OH is 3. The number of ether oxygens (including phenoxy) is 1. The standard InChI is InChI=1S/C9H22O2Si.C4H8O.C3H8O2/c1-8(10)7-11-12(5,6)9(2,3)4;1-2-4-5-3-1;1-3(5)2-4/h8,10H,7H2,1-6H3;1-4H2;3-5H,2H2,1H3/t8-;;3-/m1.1/s1. The third-order valence-corrected chi connectivity index (χ3v) is 8.08. The molecule has 0 saturated carbocycles. The second-order valence-electron chi connectivity index (χ2n) is 7.27.